The molecule has 6 heteroatoms. The second kappa shape index (κ2) is 2.70. The smallest absolute Gasteiger partial charge is 0.283 e. The van der Waals surface area contributed by atoms with Gasteiger partial charge < -0.3 is 10.4 Å². The van der Waals surface area contributed by atoms with E-state index in [9.17, 15) is 15.2 Å². The molecule has 68 valence electrons. The zero-order valence-corrected chi connectivity index (χ0v) is 7.76. The van der Waals surface area contributed by atoms with Gasteiger partial charge in [0.15, 0.2) is 17.6 Å². The van der Waals surface area contributed by atoms with Crippen molar-refractivity contribution in [2.45, 2.75) is 0 Å². The van der Waals surface area contributed by atoms with Crippen LogP contribution < -0.4 is 4.21 Å². The fourth-order valence-electron chi connectivity index (χ4n) is 1.11. The van der Waals surface area contributed by atoms with Crippen LogP contribution in [0.4, 0.5) is 5.69 Å². The van der Waals surface area contributed by atoms with Crippen molar-refractivity contribution >= 4 is 34.4 Å². The van der Waals surface area contributed by atoms with Gasteiger partial charge in [-0.3, -0.25) is 9.01 Å². The summed E-state index contributed by atoms with van der Waals surface area (Å²) < 4.78 is -1.98. The molecule has 13 heavy (non-hydrogen) atoms. The van der Waals surface area contributed by atoms with Crippen LogP contribution in [0, 0.1) is 10.4 Å². The quantitative estimate of drug-likeness (QED) is 0.380. The fraction of sp³-hybridized carbons (Fsp3) is 0. The Morgan fingerprint density at radius 1 is 1.38 bits per heavy atom. The van der Waals surface area contributed by atoms with Gasteiger partial charge in [-0.25, -0.2) is 0 Å². The Bertz CT molecular complexity index is 393. The van der Waals surface area contributed by atoms with Crippen molar-refractivity contribution < 1.29 is 4.79 Å². The SMILES string of the molecule is O=C1S[N+]([O-])([O-])c2cc(Cl)ccc21. The maximum Gasteiger partial charge on any atom is 0.283 e. The number of quaternary nitrogens is 1. The molecular weight excluding hydrogens is 214 g/mol. The molecule has 0 saturated heterocycles. The van der Waals surface area contributed by atoms with Crippen LogP contribution in [0.15, 0.2) is 18.2 Å². The summed E-state index contributed by atoms with van der Waals surface area (Å²) in [5.74, 6) is 0. The number of benzene rings is 1. The summed E-state index contributed by atoms with van der Waals surface area (Å²) in [4.78, 5) is 11.1. The molecule has 0 amide bonds. The number of rotatable bonds is 0. The number of carbonyl (C=O) groups excluding carboxylic acids is 1. The first-order valence-corrected chi connectivity index (χ1v) is 4.51. The van der Waals surface area contributed by atoms with Crippen molar-refractivity contribution in [2.24, 2.45) is 0 Å². The molecule has 1 aromatic rings. The molecular formula is C7H3ClNO3S-. The first kappa shape index (κ1) is 8.98. The molecule has 1 aliphatic rings. The molecule has 0 fully saturated rings. The molecule has 0 saturated carbocycles. The minimum Gasteiger partial charge on any atom is -0.613 e. The monoisotopic (exact) mass is 216 g/mol. The Morgan fingerprint density at radius 3 is 2.77 bits per heavy atom. The lowest BCUT2D eigenvalue weighted by Gasteiger charge is -2.38. The summed E-state index contributed by atoms with van der Waals surface area (Å²) >= 11 is 5.78. The van der Waals surface area contributed by atoms with Gasteiger partial charge in [0, 0.05) is 11.1 Å². The van der Waals surface area contributed by atoms with Crippen molar-refractivity contribution in [1.29, 1.82) is 0 Å². The second-order valence-corrected chi connectivity index (χ2v) is 4.01. The van der Waals surface area contributed by atoms with Crippen LogP contribution in [-0.4, -0.2) is 5.12 Å². The molecule has 1 heterocycles. The molecule has 0 bridgehead atoms. The molecule has 0 aliphatic carbocycles. The number of fused-ring (bicyclic) bond motifs is 1. The molecule has 0 unspecified atom stereocenters. The van der Waals surface area contributed by atoms with Crippen molar-refractivity contribution in [3.05, 3.63) is 39.2 Å². The highest BCUT2D eigenvalue weighted by Gasteiger charge is 2.34. The summed E-state index contributed by atoms with van der Waals surface area (Å²) in [6.07, 6.45) is 0. The summed E-state index contributed by atoms with van der Waals surface area (Å²) in [5, 5.41) is 22.1. The first-order valence-electron chi connectivity index (χ1n) is 3.36. The van der Waals surface area contributed by atoms with Crippen LogP contribution >= 0.6 is 23.5 Å². The lowest BCUT2D eigenvalue weighted by Crippen LogP contribution is -2.23. The Balaban J connectivity index is 2.66. The third-order valence-electron chi connectivity index (χ3n) is 1.68. The number of hydrogen-bond acceptors (Lipinski definition) is 4. The molecule has 1 aromatic carbocycles. The summed E-state index contributed by atoms with van der Waals surface area (Å²) in [6, 6.07) is 4.10. The Hall–Kier alpha value is -0.590. The van der Waals surface area contributed by atoms with Gasteiger partial charge in [-0.1, -0.05) is 11.6 Å². The van der Waals surface area contributed by atoms with E-state index in [1.54, 1.807) is 0 Å². The normalized spacial score (nSPS) is 18.8. The fourth-order valence-corrected chi connectivity index (χ4v) is 2.02. The average molecular weight is 217 g/mol. The second-order valence-electron chi connectivity index (χ2n) is 2.54. The highest BCUT2D eigenvalue weighted by atomic mass is 35.5. The van der Waals surface area contributed by atoms with Crippen molar-refractivity contribution in [1.82, 2.24) is 4.21 Å². The Labute approximate surface area is 83.0 Å². The third-order valence-corrected chi connectivity index (χ3v) is 2.74. The number of nitrogens with zero attached hydrogens (tertiary/aromatic N) is 1. The van der Waals surface area contributed by atoms with Crippen LogP contribution in [0.3, 0.4) is 0 Å². The molecule has 0 radical (unpaired) electrons. The van der Waals surface area contributed by atoms with E-state index < -0.39 is 9.33 Å². The zero-order valence-electron chi connectivity index (χ0n) is 6.19. The van der Waals surface area contributed by atoms with Crippen LogP contribution in [0.25, 0.3) is 0 Å². The van der Waals surface area contributed by atoms with Crippen LogP contribution in [0.1, 0.15) is 10.4 Å². The average Bonchev–Trinajstić information content (AvgIpc) is 2.23. The number of hydrogen-bond donors (Lipinski definition) is 0. The standard InChI is InChI=1S/C7H3ClNO3S/c8-4-1-2-5-6(3-4)9(11,12)13-7(5)10/h1-3H/q-1. The van der Waals surface area contributed by atoms with E-state index in [1.807, 2.05) is 0 Å². The van der Waals surface area contributed by atoms with Crippen molar-refractivity contribution in [3.8, 4) is 0 Å². The predicted octanol–water partition coefficient (Wildman–Crippen LogP) is 2.44. The Morgan fingerprint density at radius 2 is 2.08 bits per heavy atom. The van der Waals surface area contributed by atoms with Gasteiger partial charge in [0.25, 0.3) is 5.12 Å². The number of carbonyl (C=O) groups is 1. The summed E-state index contributed by atoms with van der Waals surface area (Å²) in [5.41, 5.74) is 0.0295. The van der Waals surface area contributed by atoms with E-state index in [1.165, 1.54) is 18.2 Å². The van der Waals surface area contributed by atoms with Crippen LogP contribution in [-0.2, 0) is 0 Å². The topological polar surface area (TPSA) is 63.2 Å². The molecule has 0 atom stereocenters. The van der Waals surface area contributed by atoms with Gasteiger partial charge >= 0.3 is 0 Å². The minimum absolute atomic E-state index is 0.123. The maximum absolute atomic E-state index is 11.2. The van der Waals surface area contributed by atoms with Gasteiger partial charge in [-0.05, 0) is 12.1 Å². The van der Waals surface area contributed by atoms with Gasteiger partial charge in [0.1, 0.15) is 0 Å². The molecule has 1 aliphatic heterocycles. The van der Waals surface area contributed by atoms with Crippen molar-refractivity contribution in [3.63, 3.8) is 0 Å². The largest absolute Gasteiger partial charge is 0.613 e. The van der Waals surface area contributed by atoms with Gasteiger partial charge in [-0.2, -0.15) is 0 Å². The van der Waals surface area contributed by atoms with Crippen LogP contribution in [0.5, 0.6) is 0 Å². The molecule has 0 aromatic heterocycles. The molecule has 0 N–H and O–H groups in total. The Kier molecular flexibility index (Phi) is 1.86. The number of halogens is 1. The highest BCUT2D eigenvalue weighted by Crippen LogP contribution is 2.43. The zero-order chi connectivity index (χ0) is 9.64. The summed E-state index contributed by atoms with van der Waals surface area (Å²) in [6.45, 7) is 0. The van der Waals surface area contributed by atoms with E-state index in [0.717, 1.165) is 0 Å². The van der Waals surface area contributed by atoms with Crippen molar-refractivity contribution in [2.75, 3.05) is 0 Å². The highest BCUT2D eigenvalue weighted by molar-refractivity contribution is 8.14. The molecule has 4 nitrogen and oxygen atoms in total. The van der Waals surface area contributed by atoms with E-state index in [2.05, 4.69) is 0 Å². The lowest BCUT2D eigenvalue weighted by atomic mass is 10.2. The van der Waals surface area contributed by atoms with E-state index in [-0.39, 0.29) is 28.2 Å². The first-order chi connectivity index (χ1) is 6.00. The molecule has 2 rings (SSSR count). The van der Waals surface area contributed by atoms with Gasteiger partial charge in [0.2, 0.25) is 0 Å². The third kappa shape index (κ3) is 1.34. The molecule has 0 spiro atoms. The lowest BCUT2D eigenvalue weighted by molar-refractivity contribution is 0.109. The van der Waals surface area contributed by atoms with E-state index >= 15 is 0 Å². The summed E-state index contributed by atoms with van der Waals surface area (Å²) in [7, 11) is 0. The van der Waals surface area contributed by atoms with Crippen LogP contribution in [0.2, 0.25) is 5.02 Å². The predicted molar refractivity (Wildman–Crippen MR) is 51.9 cm³/mol. The van der Waals surface area contributed by atoms with E-state index in [0.29, 0.717) is 0 Å². The maximum atomic E-state index is 11.2. The van der Waals surface area contributed by atoms with E-state index in [4.69, 9.17) is 11.6 Å². The van der Waals surface area contributed by atoms with Gasteiger partial charge in [-0.15, -0.1) is 0 Å². The van der Waals surface area contributed by atoms with Gasteiger partial charge in [0.05, 0.1) is 5.56 Å². The minimum atomic E-state index is -1.98.